The van der Waals surface area contributed by atoms with Crippen LogP contribution in [0.4, 0.5) is 4.39 Å². The van der Waals surface area contributed by atoms with Crippen LogP contribution in [0.5, 0.6) is 5.75 Å². The average Bonchev–Trinajstić information content (AvgIpc) is 2.75. The molecule has 0 radical (unpaired) electrons. The molecule has 0 bridgehead atoms. The number of nitrogens with zero attached hydrogens (tertiary/aromatic N) is 1. The fourth-order valence-corrected chi connectivity index (χ4v) is 3.94. The van der Waals surface area contributed by atoms with Crippen LogP contribution in [0.15, 0.2) is 41.3 Å². The lowest BCUT2D eigenvalue weighted by molar-refractivity contribution is 0.0694. The topological polar surface area (TPSA) is 88.8 Å². The van der Waals surface area contributed by atoms with E-state index in [2.05, 4.69) is 0 Å². The van der Waals surface area contributed by atoms with E-state index in [-0.39, 0.29) is 23.4 Å². The molecule has 0 unspecified atom stereocenters. The van der Waals surface area contributed by atoms with Gasteiger partial charge in [0.05, 0.1) is 30.3 Å². The number of aromatic nitrogens is 1. The molecule has 3 aromatic rings. The Morgan fingerprint density at radius 3 is 2.65 bits per heavy atom. The van der Waals surface area contributed by atoms with Crippen molar-refractivity contribution in [2.45, 2.75) is 32.2 Å². The Kier molecular flexibility index (Phi) is 6.97. The fourth-order valence-electron chi connectivity index (χ4n) is 3.75. The highest BCUT2D eigenvalue weighted by Crippen LogP contribution is 2.31. The first-order valence-electron chi connectivity index (χ1n) is 9.85. The molecule has 3 rings (SSSR count). The average molecular weight is 448 g/mol. The Hall–Kier alpha value is -2.90. The SMILES string of the molecule is CCC[C@H](CO)n1cc(C(=O)O)c(=O)c2cc(Cc3cccc(Cl)c3F)c(OC)cc21. The number of hydrogen-bond donors (Lipinski definition) is 2. The summed E-state index contributed by atoms with van der Waals surface area (Å²) in [5.41, 5.74) is 0.224. The second-order valence-electron chi connectivity index (χ2n) is 7.28. The van der Waals surface area contributed by atoms with Gasteiger partial charge in [-0.05, 0) is 29.7 Å². The number of carbonyl (C=O) groups is 1. The van der Waals surface area contributed by atoms with Crippen LogP contribution in [-0.4, -0.2) is 34.5 Å². The molecule has 0 aliphatic rings. The number of fused-ring (bicyclic) bond motifs is 1. The zero-order chi connectivity index (χ0) is 22.7. The number of methoxy groups -OCH3 is 1. The highest BCUT2D eigenvalue weighted by Gasteiger charge is 2.21. The first kappa shape index (κ1) is 22.8. The number of aliphatic hydroxyl groups excluding tert-OH is 1. The zero-order valence-corrected chi connectivity index (χ0v) is 17.9. The standard InChI is InChI=1S/C23H23ClFNO5/c1-3-5-15(12-27)26-11-17(23(29)30)22(28)16-9-14(20(31-2)10-19(16)26)8-13-6-4-7-18(24)21(13)25/h4,6-7,9-11,15,27H,3,5,8,12H2,1-2H3,(H,29,30)/t15-/m1/s1. The molecular weight excluding hydrogens is 425 g/mol. The van der Waals surface area contributed by atoms with Crippen molar-refractivity contribution in [2.75, 3.05) is 13.7 Å². The van der Waals surface area contributed by atoms with Crippen LogP contribution in [0.3, 0.4) is 0 Å². The summed E-state index contributed by atoms with van der Waals surface area (Å²) < 4.78 is 21.5. The van der Waals surface area contributed by atoms with Gasteiger partial charge in [0.25, 0.3) is 0 Å². The molecule has 164 valence electrons. The van der Waals surface area contributed by atoms with Gasteiger partial charge < -0.3 is 19.5 Å². The number of rotatable bonds is 8. The van der Waals surface area contributed by atoms with E-state index in [0.29, 0.717) is 28.8 Å². The Bertz CT molecular complexity index is 1190. The lowest BCUT2D eigenvalue weighted by Gasteiger charge is -2.22. The molecule has 2 aromatic carbocycles. The molecule has 0 spiro atoms. The lowest BCUT2D eigenvalue weighted by atomic mass is 9.99. The predicted molar refractivity (Wildman–Crippen MR) is 117 cm³/mol. The van der Waals surface area contributed by atoms with Crippen molar-refractivity contribution in [1.29, 1.82) is 0 Å². The number of pyridine rings is 1. The second-order valence-corrected chi connectivity index (χ2v) is 7.69. The van der Waals surface area contributed by atoms with Gasteiger partial charge in [0.1, 0.15) is 17.1 Å². The molecule has 0 saturated heterocycles. The minimum absolute atomic E-state index is 0.0156. The molecule has 1 heterocycles. The van der Waals surface area contributed by atoms with Gasteiger partial charge in [-0.2, -0.15) is 0 Å². The molecule has 1 atom stereocenters. The van der Waals surface area contributed by atoms with E-state index < -0.39 is 28.8 Å². The predicted octanol–water partition coefficient (Wildman–Crippen LogP) is 4.43. The van der Waals surface area contributed by atoms with Crippen LogP contribution >= 0.6 is 11.6 Å². The van der Waals surface area contributed by atoms with Crippen molar-refractivity contribution >= 4 is 28.5 Å². The number of carboxylic acids is 1. The summed E-state index contributed by atoms with van der Waals surface area (Å²) in [5.74, 6) is -1.50. The molecule has 0 amide bonds. The highest BCUT2D eigenvalue weighted by molar-refractivity contribution is 6.30. The zero-order valence-electron chi connectivity index (χ0n) is 17.2. The summed E-state index contributed by atoms with van der Waals surface area (Å²) in [6.45, 7) is 1.73. The van der Waals surface area contributed by atoms with Crippen LogP contribution in [-0.2, 0) is 6.42 Å². The Morgan fingerprint density at radius 2 is 2.03 bits per heavy atom. The molecular formula is C23H23ClFNO5. The number of ether oxygens (including phenoxy) is 1. The summed E-state index contributed by atoms with van der Waals surface area (Å²) in [6.07, 6.45) is 2.70. The third-order valence-electron chi connectivity index (χ3n) is 5.30. The van der Waals surface area contributed by atoms with Crippen LogP contribution in [0.1, 0.15) is 47.3 Å². The van der Waals surface area contributed by atoms with Crippen molar-refractivity contribution in [3.05, 3.63) is 74.3 Å². The lowest BCUT2D eigenvalue weighted by Crippen LogP contribution is -2.23. The molecule has 0 aliphatic heterocycles. The van der Waals surface area contributed by atoms with Gasteiger partial charge in [0.2, 0.25) is 5.43 Å². The largest absolute Gasteiger partial charge is 0.496 e. The Balaban J connectivity index is 2.29. The van der Waals surface area contributed by atoms with E-state index in [1.54, 1.807) is 22.8 Å². The summed E-state index contributed by atoms with van der Waals surface area (Å²) in [5, 5.41) is 19.6. The van der Waals surface area contributed by atoms with Crippen LogP contribution in [0.2, 0.25) is 5.02 Å². The van der Waals surface area contributed by atoms with Crippen LogP contribution < -0.4 is 10.2 Å². The normalized spacial score (nSPS) is 12.2. The first-order chi connectivity index (χ1) is 14.8. The van der Waals surface area contributed by atoms with Crippen molar-refractivity contribution in [2.24, 2.45) is 0 Å². The van der Waals surface area contributed by atoms with Gasteiger partial charge in [-0.15, -0.1) is 0 Å². The monoisotopic (exact) mass is 447 g/mol. The van der Waals surface area contributed by atoms with E-state index in [9.17, 15) is 24.2 Å². The highest BCUT2D eigenvalue weighted by atomic mass is 35.5. The maximum absolute atomic E-state index is 14.4. The second kappa shape index (κ2) is 9.49. The number of halogens is 2. The maximum Gasteiger partial charge on any atom is 0.341 e. The molecule has 1 aromatic heterocycles. The molecule has 31 heavy (non-hydrogen) atoms. The van der Waals surface area contributed by atoms with Gasteiger partial charge in [-0.25, -0.2) is 9.18 Å². The molecule has 0 saturated carbocycles. The van der Waals surface area contributed by atoms with E-state index in [0.717, 1.165) is 6.42 Å². The molecule has 8 heteroatoms. The minimum Gasteiger partial charge on any atom is -0.496 e. The van der Waals surface area contributed by atoms with Crippen LogP contribution in [0, 0.1) is 5.82 Å². The number of aromatic carboxylic acids is 1. The quantitative estimate of drug-likeness (QED) is 0.533. The summed E-state index contributed by atoms with van der Waals surface area (Å²) in [6, 6.07) is 7.39. The summed E-state index contributed by atoms with van der Waals surface area (Å²) in [4.78, 5) is 24.6. The Labute approximate surface area is 183 Å². The summed E-state index contributed by atoms with van der Waals surface area (Å²) in [7, 11) is 1.46. The molecule has 6 nitrogen and oxygen atoms in total. The maximum atomic E-state index is 14.4. The van der Waals surface area contributed by atoms with Crippen molar-refractivity contribution in [1.82, 2.24) is 4.57 Å². The van der Waals surface area contributed by atoms with E-state index in [1.807, 2.05) is 6.92 Å². The third kappa shape index (κ3) is 4.43. The Morgan fingerprint density at radius 1 is 1.29 bits per heavy atom. The third-order valence-corrected chi connectivity index (χ3v) is 5.60. The first-order valence-corrected chi connectivity index (χ1v) is 10.2. The van der Waals surface area contributed by atoms with Gasteiger partial charge in [0, 0.05) is 24.1 Å². The fraction of sp³-hybridized carbons (Fsp3) is 0.304. The van der Waals surface area contributed by atoms with Crippen molar-refractivity contribution < 1.29 is 24.1 Å². The molecule has 0 aliphatic carbocycles. The summed E-state index contributed by atoms with van der Waals surface area (Å²) >= 11 is 5.88. The van der Waals surface area contributed by atoms with Gasteiger partial charge >= 0.3 is 5.97 Å². The van der Waals surface area contributed by atoms with Gasteiger partial charge in [-0.3, -0.25) is 4.79 Å². The van der Waals surface area contributed by atoms with E-state index >= 15 is 0 Å². The van der Waals surface area contributed by atoms with E-state index in [4.69, 9.17) is 16.3 Å². The number of carboxylic acid groups (broad SMARTS) is 1. The molecule has 0 fully saturated rings. The van der Waals surface area contributed by atoms with E-state index in [1.165, 1.54) is 25.4 Å². The van der Waals surface area contributed by atoms with Crippen molar-refractivity contribution in [3.63, 3.8) is 0 Å². The van der Waals surface area contributed by atoms with Gasteiger partial charge in [0.15, 0.2) is 0 Å². The number of hydrogen-bond acceptors (Lipinski definition) is 4. The van der Waals surface area contributed by atoms with Crippen LogP contribution in [0.25, 0.3) is 10.9 Å². The number of aliphatic hydroxyl groups is 1. The van der Waals surface area contributed by atoms with Gasteiger partial charge in [-0.1, -0.05) is 37.1 Å². The smallest absolute Gasteiger partial charge is 0.341 e. The molecule has 2 N–H and O–H groups in total. The minimum atomic E-state index is -1.35. The number of benzene rings is 2. The van der Waals surface area contributed by atoms with Crippen molar-refractivity contribution in [3.8, 4) is 5.75 Å².